The molecule has 0 spiro atoms. The van der Waals surface area contributed by atoms with Crippen LogP contribution < -0.4 is 14.8 Å². The number of rotatable bonds is 4. The second kappa shape index (κ2) is 7.63. The molecule has 0 fully saturated rings. The number of fused-ring (bicyclic) bond motifs is 2. The number of hydrogen-bond donors (Lipinski definition) is 1. The molecule has 1 aliphatic heterocycles. The molecule has 0 aliphatic carbocycles. The molecule has 7 heteroatoms. The van der Waals surface area contributed by atoms with E-state index in [1.165, 1.54) is 5.56 Å². The number of carbonyl (C=O) groups excluding carboxylic acids is 1. The number of amides is 1. The van der Waals surface area contributed by atoms with Crippen LogP contribution >= 0.6 is 11.6 Å². The van der Waals surface area contributed by atoms with Gasteiger partial charge in [-0.05, 0) is 60.0 Å². The smallest absolute Gasteiger partial charge is 0.255 e. The van der Waals surface area contributed by atoms with Gasteiger partial charge in [-0.1, -0.05) is 31.5 Å². The Kier molecular flexibility index (Phi) is 4.79. The molecular weight excluding hydrogens is 416 g/mol. The molecule has 2 heterocycles. The molecule has 6 nitrogen and oxygen atoms in total. The van der Waals surface area contributed by atoms with E-state index in [2.05, 4.69) is 24.1 Å². The van der Waals surface area contributed by atoms with Crippen molar-refractivity contribution in [3.05, 3.63) is 70.7 Å². The zero-order chi connectivity index (χ0) is 21.5. The zero-order valence-electron chi connectivity index (χ0n) is 16.9. The molecule has 0 bridgehead atoms. The van der Waals surface area contributed by atoms with Gasteiger partial charge in [-0.2, -0.15) is 0 Å². The minimum atomic E-state index is -0.272. The molecule has 4 aromatic rings. The fraction of sp³-hybridized carbons (Fsp3) is 0.167. The zero-order valence-corrected chi connectivity index (χ0v) is 17.7. The molecule has 1 N–H and O–H groups in total. The first-order valence-electron chi connectivity index (χ1n) is 9.89. The molecule has 3 aromatic carbocycles. The molecule has 1 aliphatic rings. The Balaban J connectivity index is 1.44. The van der Waals surface area contributed by atoms with Crippen LogP contribution in [-0.4, -0.2) is 17.7 Å². The Bertz CT molecular complexity index is 1310. The van der Waals surface area contributed by atoms with Crippen molar-refractivity contribution in [1.82, 2.24) is 4.98 Å². The van der Waals surface area contributed by atoms with Crippen LogP contribution in [0.4, 0.5) is 5.69 Å². The van der Waals surface area contributed by atoms with Gasteiger partial charge in [0.05, 0.1) is 10.6 Å². The van der Waals surface area contributed by atoms with E-state index < -0.39 is 0 Å². The van der Waals surface area contributed by atoms with Crippen LogP contribution in [0.1, 0.15) is 35.7 Å². The van der Waals surface area contributed by atoms with E-state index in [9.17, 15) is 4.79 Å². The third-order valence-electron chi connectivity index (χ3n) is 5.17. The number of aromatic nitrogens is 1. The standard InChI is InChI=1S/C24H19ClN2O4/c1-13(2)14-3-7-20-19(9-14)27-24(31-20)17-11-16(5-6-18(17)25)26-23(28)15-4-8-21-22(10-15)30-12-29-21/h3-11,13H,12H2,1-2H3,(H,26,28). The summed E-state index contributed by atoms with van der Waals surface area (Å²) in [4.78, 5) is 17.3. The van der Waals surface area contributed by atoms with Gasteiger partial charge in [0, 0.05) is 11.3 Å². The normalized spacial score (nSPS) is 12.5. The lowest BCUT2D eigenvalue weighted by Gasteiger charge is -2.08. The van der Waals surface area contributed by atoms with Crippen LogP contribution in [0.15, 0.2) is 59.0 Å². The molecular formula is C24H19ClN2O4. The number of nitrogens with zero attached hydrogens (tertiary/aromatic N) is 1. The van der Waals surface area contributed by atoms with Gasteiger partial charge in [0.1, 0.15) is 5.52 Å². The van der Waals surface area contributed by atoms with E-state index in [1.807, 2.05) is 18.2 Å². The van der Waals surface area contributed by atoms with Crippen molar-refractivity contribution in [3.8, 4) is 23.0 Å². The molecule has 1 aromatic heterocycles. The first-order chi connectivity index (χ1) is 15.0. The monoisotopic (exact) mass is 434 g/mol. The average molecular weight is 435 g/mol. The minimum Gasteiger partial charge on any atom is -0.454 e. The SMILES string of the molecule is CC(C)c1ccc2oc(-c3cc(NC(=O)c4ccc5c(c4)OCO5)ccc3Cl)nc2c1. The van der Waals surface area contributed by atoms with Crippen molar-refractivity contribution >= 4 is 34.3 Å². The van der Waals surface area contributed by atoms with E-state index >= 15 is 0 Å². The van der Waals surface area contributed by atoms with Crippen LogP contribution in [0, 0.1) is 0 Å². The average Bonchev–Trinajstić information content (AvgIpc) is 3.40. The molecule has 0 atom stereocenters. The van der Waals surface area contributed by atoms with Gasteiger partial charge in [-0.3, -0.25) is 4.79 Å². The summed E-state index contributed by atoms with van der Waals surface area (Å²) in [5.74, 6) is 1.70. The fourth-order valence-corrected chi connectivity index (χ4v) is 3.63. The Morgan fingerprint density at radius 3 is 2.71 bits per heavy atom. The van der Waals surface area contributed by atoms with Gasteiger partial charge in [0.2, 0.25) is 12.7 Å². The predicted octanol–water partition coefficient (Wildman–Crippen LogP) is 6.25. The predicted molar refractivity (Wildman–Crippen MR) is 119 cm³/mol. The van der Waals surface area contributed by atoms with Gasteiger partial charge in [-0.25, -0.2) is 4.98 Å². The van der Waals surface area contributed by atoms with Crippen LogP contribution in [0.25, 0.3) is 22.6 Å². The maximum absolute atomic E-state index is 12.7. The van der Waals surface area contributed by atoms with Crippen LogP contribution in [0.3, 0.4) is 0 Å². The third kappa shape index (κ3) is 3.70. The molecule has 5 rings (SSSR count). The molecule has 1 amide bonds. The summed E-state index contributed by atoms with van der Waals surface area (Å²) in [6.45, 7) is 4.42. The van der Waals surface area contributed by atoms with Gasteiger partial charge >= 0.3 is 0 Å². The summed E-state index contributed by atoms with van der Waals surface area (Å²) in [5, 5.41) is 3.36. The molecule has 156 valence electrons. The summed E-state index contributed by atoms with van der Waals surface area (Å²) < 4.78 is 16.6. The quantitative estimate of drug-likeness (QED) is 0.410. The molecule has 0 unspecified atom stereocenters. The Morgan fingerprint density at radius 1 is 1.03 bits per heavy atom. The van der Waals surface area contributed by atoms with E-state index in [0.717, 1.165) is 5.52 Å². The number of benzene rings is 3. The number of halogens is 1. The molecule has 31 heavy (non-hydrogen) atoms. The highest BCUT2D eigenvalue weighted by Gasteiger charge is 2.18. The number of oxazole rings is 1. The van der Waals surface area contributed by atoms with Crippen molar-refractivity contribution in [1.29, 1.82) is 0 Å². The summed E-state index contributed by atoms with van der Waals surface area (Å²) in [7, 11) is 0. The van der Waals surface area contributed by atoms with Crippen molar-refractivity contribution in [3.63, 3.8) is 0 Å². The highest BCUT2D eigenvalue weighted by molar-refractivity contribution is 6.33. The summed E-state index contributed by atoms with van der Waals surface area (Å²) in [5.41, 5.74) is 4.28. The number of ether oxygens (including phenoxy) is 2. The number of carbonyl (C=O) groups is 1. The van der Waals surface area contributed by atoms with Crippen molar-refractivity contribution < 1.29 is 18.7 Å². The second-order valence-electron chi connectivity index (χ2n) is 7.62. The number of anilines is 1. The Morgan fingerprint density at radius 2 is 1.87 bits per heavy atom. The summed E-state index contributed by atoms with van der Waals surface area (Å²) >= 11 is 6.41. The Labute approximate surface area is 183 Å². The van der Waals surface area contributed by atoms with E-state index in [1.54, 1.807) is 36.4 Å². The molecule has 0 saturated heterocycles. The van der Waals surface area contributed by atoms with Gasteiger partial charge in [0.25, 0.3) is 5.91 Å². The van der Waals surface area contributed by atoms with Crippen LogP contribution in [0.2, 0.25) is 5.02 Å². The van der Waals surface area contributed by atoms with Crippen molar-refractivity contribution in [2.24, 2.45) is 0 Å². The summed E-state index contributed by atoms with van der Waals surface area (Å²) in [6.07, 6.45) is 0. The molecule has 0 saturated carbocycles. The fourth-order valence-electron chi connectivity index (χ4n) is 3.43. The van der Waals surface area contributed by atoms with E-state index in [0.29, 0.717) is 50.7 Å². The first kappa shape index (κ1) is 19.5. The van der Waals surface area contributed by atoms with E-state index in [-0.39, 0.29) is 12.7 Å². The lowest BCUT2D eigenvalue weighted by molar-refractivity contribution is 0.102. The third-order valence-corrected chi connectivity index (χ3v) is 5.50. The first-order valence-corrected chi connectivity index (χ1v) is 10.3. The molecule has 0 radical (unpaired) electrons. The lowest BCUT2D eigenvalue weighted by Crippen LogP contribution is -2.11. The van der Waals surface area contributed by atoms with Gasteiger partial charge in [-0.15, -0.1) is 0 Å². The van der Waals surface area contributed by atoms with E-state index in [4.69, 9.17) is 25.5 Å². The maximum Gasteiger partial charge on any atom is 0.255 e. The maximum atomic E-state index is 12.7. The highest BCUT2D eigenvalue weighted by Crippen LogP contribution is 2.35. The van der Waals surface area contributed by atoms with Gasteiger partial charge < -0.3 is 19.2 Å². The van der Waals surface area contributed by atoms with Crippen molar-refractivity contribution in [2.75, 3.05) is 12.1 Å². The second-order valence-corrected chi connectivity index (χ2v) is 8.02. The van der Waals surface area contributed by atoms with Crippen LogP contribution in [0.5, 0.6) is 11.5 Å². The van der Waals surface area contributed by atoms with Gasteiger partial charge in [0.15, 0.2) is 17.1 Å². The lowest BCUT2D eigenvalue weighted by atomic mass is 10.0. The number of nitrogens with one attached hydrogen (secondary N) is 1. The minimum absolute atomic E-state index is 0.157. The topological polar surface area (TPSA) is 73.6 Å². The Hall–Kier alpha value is -3.51. The largest absolute Gasteiger partial charge is 0.454 e. The van der Waals surface area contributed by atoms with Crippen LogP contribution in [-0.2, 0) is 0 Å². The summed E-state index contributed by atoms with van der Waals surface area (Å²) in [6, 6.07) is 16.2. The highest BCUT2D eigenvalue weighted by atomic mass is 35.5. The number of hydrogen-bond acceptors (Lipinski definition) is 5. The van der Waals surface area contributed by atoms with Crippen molar-refractivity contribution in [2.45, 2.75) is 19.8 Å².